The highest BCUT2D eigenvalue weighted by atomic mass is 19.1. The number of amidine groups is 1. The number of hydrogen-bond acceptors (Lipinski definition) is 4. The molecule has 10 heavy (non-hydrogen) atoms. The van der Waals surface area contributed by atoms with Gasteiger partial charge in [-0.2, -0.15) is 0 Å². The Kier molecular flexibility index (Phi) is 0.841. The van der Waals surface area contributed by atoms with E-state index in [-0.39, 0.29) is 5.84 Å². The molecule has 0 aliphatic carbocycles. The van der Waals surface area contributed by atoms with Crippen LogP contribution in [0, 0.1) is 0 Å². The number of aliphatic imine (C=N–C) groups is 4. The Morgan fingerprint density at radius 2 is 2.30 bits per heavy atom. The number of hydrogen-bond donors (Lipinski definition) is 0. The summed E-state index contributed by atoms with van der Waals surface area (Å²) in [6.45, 7) is 0. The molecule has 4 nitrogen and oxygen atoms in total. The van der Waals surface area contributed by atoms with Gasteiger partial charge < -0.3 is 0 Å². The van der Waals surface area contributed by atoms with E-state index < -0.39 is 5.79 Å². The summed E-state index contributed by atoms with van der Waals surface area (Å²) in [4.78, 5) is 14.1. The molecule has 0 saturated carbocycles. The van der Waals surface area contributed by atoms with E-state index in [9.17, 15) is 4.39 Å². The fourth-order valence-electron chi connectivity index (χ4n) is 0.751. The van der Waals surface area contributed by atoms with Crippen molar-refractivity contribution in [1.82, 2.24) is 0 Å². The highest BCUT2D eigenvalue weighted by molar-refractivity contribution is 6.16. The summed E-state index contributed by atoms with van der Waals surface area (Å²) in [6.07, 6.45) is 3.46. The van der Waals surface area contributed by atoms with Gasteiger partial charge in [0.1, 0.15) is 12.7 Å². The van der Waals surface area contributed by atoms with Crippen LogP contribution >= 0.6 is 0 Å². The van der Waals surface area contributed by atoms with Gasteiger partial charge in [0.15, 0.2) is 5.84 Å². The summed E-state index contributed by atoms with van der Waals surface area (Å²) >= 11 is 0. The second kappa shape index (κ2) is 1.56. The van der Waals surface area contributed by atoms with Gasteiger partial charge in [0.25, 0.3) is 5.79 Å². The van der Waals surface area contributed by atoms with E-state index >= 15 is 0 Å². The Labute approximate surface area is 55.9 Å². The van der Waals surface area contributed by atoms with Gasteiger partial charge in [0.2, 0.25) is 0 Å². The normalized spacial score (nSPS) is 34.3. The molecule has 0 bridgehead atoms. The lowest BCUT2D eigenvalue weighted by molar-refractivity contribution is 0.375. The maximum absolute atomic E-state index is 13.2. The van der Waals surface area contributed by atoms with Crippen LogP contribution in [0.1, 0.15) is 0 Å². The second-order valence-electron chi connectivity index (χ2n) is 1.89. The van der Waals surface area contributed by atoms with Crippen LogP contribution in [-0.2, 0) is 0 Å². The van der Waals surface area contributed by atoms with E-state index in [1.54, 1.807) is 0 Å². The van der Waals surface area contributed by atoms with Gasteiger partial charge in [-0.25, -0.2) is 24.4 Å². The van der Waals surface area contributed by atoms with Crippen molar-refractivity contribution in [3.8, 4) is 0 Å². The average molecular weight is 138 g/mol. The Bertz CT molecular complexity index is 277. The minimum atomic E-state index is -1.88. The lowest BCUT2D eigenvalue weighted by Gasteiger charge is -2.11. The van der Waals surface area contributed by atoms with Gasteiger partial charge in [0, 0.05) is 0 Å². The lowest BCUT2D eigenvalue weighted by Crippen LogP contribution is -2.31. The number of rotatable bonds is 0. The molecule has 0 fully saturated rings. The molecule has 50 valence electrons. The van der Waals surface area contributed by atoms with Crippen molar-refractivity contribution in [2.24, 2.45) is 20.0 Å². The van der Waals surface area contributed by atoms with E-state index in [4.69, 9.17) is 0 Å². The zero-order chi connectivity index (χ0) is 7.03. The predicted molar refractivity (Wildman–Crippen MR) is 36.8 cm³/mol. The topological polar surface area (TPSA) is 49.4 Å². The fraction of sp³-hybridized carbons (Fsp3) is 0.200. The fourth-order valence-corrected chi connectivity index (χ4v) is 0.751. The molecular formula is C5H3FN4. The first-order valence-electron chi connectivity index (χ1n) is 2.69. The molecule has 0 aromatic carbocycles. The number of alkyl halides is 1. The summed E-state index contributed by atoms with van der Waals surface area (Å²) in [7, 11) is 0. The van der Waals surface area contributed by atoms with Crippen molar-refractivity contribution in [2.45, 2.75) is 5.79 Å². The maximum Gasteiger partial charge on any atom is 0.297 e. The monoisotopic (exact) mass is 138 g/mol. The summed E-state index contributed by atoms with van der Waals surface area (Å²) in [5.74, 6) is -1.82. The van der Waals surface area contributed by atoms with Crippen LogP contribution in [0.15, 0.2) is 20.0 Å². The minimum absolute atomic E-state index is 0.0579. The van der Waals surface area contributed by atoms with Crippen molar-refractivity contribution < 1.29 is 4.39 Å². The number of fused-ring (bicyclic) bond motifs is 1. The largest absolute Gasteiger partial charge is 0.297 e. The van der Waals surface area contributed by atoms with Crippen molar-refractivity contribution >= 4 is 24.7 Å². The Balaban J connectivity index is 2.51. The third kappa shape index (κ3) is 0.541. The van der Waals surface area contributed by atoms with Crippen LogP contribution in [0.25, 0.3) is 0 Å². The lowest BCUT2D eigenvalue weighted by atomic mass is 10.2. The molecule has 0 radical (unpaired) electrons. The second-order valence-corrected chi connectivity index (χ2v) is 1.89. The first kappa shape index (κ1) is 5.40. The molecule has 0 aromatic rings. The van der Waals surface area contributed by atoms with Gasteiger partial charge >= 0.3 is 0 Å². The van der Waals surface area contributed by atoms with Crippen LogP contribution in [-0.4, -0.2) is 30.5 Å². The van der Waals surface area contributed by atoms with Gasteiger partial charge in [-0.15, -0.1) is 0 Å². The average Bonchev–Trinajstić information content (AvgIpc) is 2.29. The summed E-state index contributed by atoms with van der Waals surface area (Å²) < 4.78 is 13.2. The van der Waals surface area contributed by atoms with Crippen LogP contribution in [0.3, 0.4) is 0 Å². The summed E-state index contributed by atoms with van der Waals surface area (Å²) in [6, 6.07) is 0. The molecule has 2 heterocycles. The molecule has 0 amide bonds. The minimum Gasteiger partial charge on any atom is -0.243 e. The standard InChI is InChI=1S/C5H3FN4/c6-5-1-7-2-8-4(5)9-3-10-5/h1-3H. The Morgan fingerprint density at radius 3 is 3.10 bits per heavy atom. The van der Waals surface area contributed by atoms with Crippen molar-refractivity contribution in [3.05, 3.63) is 0 Å². The van der Waals surface area contributed by atoms with Crippen molar-refractivity contribution in [3.63, 3.8) is 0 Å². The molecule has 0 saturated heterocycles. The van der Waals surface area contributed by atoms with E-state index in [1.165, 1.54) is 6.34 Å². The maximum atomic E-state index is 13.2. The smallest absolute Gasteiger partial charge is 0.243 e. The van der Waals surface area contributed by atoms with Gasteiger partial charge in [0.05, 0.1) is 6.21 Å². The zero-order valence-corrected chi connectivity index (χ0v) is 4.90. The molecule has 2 aliphatic heterocycles. The Hall–Kier alpha value is -1.39. The van der Waals surface area contributed by atoms with E-state index in [0.717, 1.165) is 12.6 Å². The molecule has 0 spiro atoms. The van der Waals surface area contributed by atoms with Crippen LogP contribution in [0.4, 0.5) is 4.39 Å². The molecule has 1 atom stereocenters. The van der Waals surface area contributed by atoms with Crippen LogP contribution in [0.2, 0.25) is 0 Å². The molecular weight excluding hydrogens is 135 g/mol. The summed E-state index contributed by atoms with van der Waals surface area (Å²) in [5.41, 5.74) is 0. The van der Waals surface area contributed by atoms with E-state index in [2.05, 4.69) is 20.0 Å². The van der Waals surface area contributed by atoms with Gasteiger partial charge in [-0.3, -0.25) is 0 Å². The third-order valence-electron chi connectivity index (χ3n) is 1.23. The number of halogens is 1. The first-order valence-corrected chi connectivity index (χ1v) is 2.69. The van der Waals surface area contributed by atoms with E-state index in [0.29, 0.717) is 0 Å². The summed E-state index contributed by atoms with van der Waals surface area (Å²) in [5, 5.41) is 0. The van der Waals surface area contributed by atoms with Crippen molar-refractivity contribution in [1.29, 1.82) is 0 Å². The van der Waals surface area contributed by atoms with Crippen LogP contribution in [0.5, 0.6) is 0 Å². The molecule has 0 N–H and O–H groups in total. The molecule has 2 aliphatic rings. The molecule has 1 unspecified atom stereocenters. The zero-order valence-electron chi connectivity index (χ0n) is 4.90. The van der Waals surface area contributed by atoms with E-state index in [1.807, 2.05) is 0 Å². The SMILES string of the molecule is FC12C=NC=NC1=NC=N2. The molecule has 2 rings (SSSR count). The Morgan fingerprint density at radius 1 is 1.40 bits per heavy atom. The predicted octanol–water partition coefficient (Wildman–Crippen LogP) is 0.205. The molecule has 5 heteroatoms. The number of nitrogens with zero attached hydrogens (tertiary/aromatic N) is 4. The van der Waals surface area contributed by atoms with Crippen molar-refractivity contribution in [2.75, 3.05) is 0 Å². The van der Waals surface area contributed by atoms with Gasteiger partial charge in [-0.05, 0) is 0 Å². The first-order chi connectivity index (χ1) is 4.81. The quantitative estimate of drug-likeness (QED) is 0.429. The third-order valence-corrected chi connectivity index (χ3v) is 1.23. The molecule has 0 aromatic heterocycles. The van der Waals surface area contributed by atoms with Gasteiger partial charge in [-0.1, -0.05) is 0 Å². The van der Waals surface area contributed by atoms with Crippen LogP contribution < -0.4 is 0 Å². The highest BCUT2D eigenvalue weighted by Crippen LogP contribution is 2.19. The highest BCUT2D eigenvalue weighted by Gasteiger charge is 2.37.